The van der Waals surface area contributed by atoms with Crippen LogP contribution in [0.2, 0.25) is 0 Å². The molecule has 3 nitrogen and oxygen atoms in total. The fourth-order valence-corrected chi connectivity index (χ4v) is 2.11. The van der Waals surface area contributed by atoms with Gasteiger partial charge in [0.2, 0.25) is 0 Å². The Kier molecular flexibility index (Phi) is 1.67. The standard InChI is InChI=1S/C8H15NO2/c1-5-6-3-9(2)4-7(10)8(6)11-5/h5-8,10H,3-4H2,1-2H3. The minimum absolute atomic E-state index is 0.126. The third kappa shape index (κ3) is 1.08. The van der Waals surface area contributed by atoms with Gasteiger partial charge in [0.15, 0.2) is 0 Å². The number of aliphatic hydroxyl groups is 1. The molecule has 2 fully saturated rings. The second kappa shape index (κ2) is 2.44. The summed E-state index contributed by atoms with van der Waals surface area (Å²) in [5.41, 5.74) is 0. The zero-order valence-electron chi connectivity index (χ0n) is 7.03. The molecule has 2 heterocycles. The molecule has 0 aromatic rings. The minimum atomic E-state index is -0.269. The maximum atomic E-state index is 9.52. The highest BCUT2D eigenvalue weighted by Crippen LogP contribution is 2.34. The van der Waals surface area contributed by atoms with Crippen LogP contribution in [0.3, 0.4) is 0 Å². The Morgan fingerprint density at radius 3 is 2.82 bits per heavy atom. The molecule has 3 heteroatoms. The van der Waals surface area contributed by atoms with E-state index in [9.17, 15) is 5.11 Å². The Morgan fingerprint density at radius 1 is 1.45 bits per heavy atom. The lowest BCUT2D eigenvalue weighted by molar-refractivity contribution is -0.239. The molecule has 1 N–H and O–H groups in total. The zero-order chi connectivity index (χ0) is 8.01. The predicted octanol–water partition coefficient (Wildman–Crippen LogP) is -0.304. The van der Waals surface area contributed by atoms with E-state index in [2.05, 4.69) is 11.8 Å². The first-order valence-electron chi connectivity index (χ1n) is 4.20. The summed E-state index contributed by atoms with van der Waals surface area (Å²) in [6, 6.07) is 0. The van der Waals surface area contributed by atoms with Crippen molar-refractivity contribution >= 4 is 0 Å². The summed E-state index contributed by atoms with van der Waals surface area (Å²) in [5, 5.41) is 9.52. The molecule has 0 bridgehead atoms. The molecule has 64 valence electrons. The molecular formula is C8H15NO2. The van der Waals surface area contributed by atoms with Crippen molar-refractivity contribution < 1.29 is 9.84 Å². The molecule has 2 aliphatic heterocycles. The van der Waals surface area contributed by atoms with Gasteiger partial charge < -0.3 is 14.7 Å². The summed E-state index contributed by atoms with van der Waals surface area (Å²) < 4.78 is 5.43. The number of ether oxygens (including phenoxy) is 1. The second-order valence-corrected chi connectivity index (χ2v) is 3.76. The largest absolute Gasteiger partial charge is 0.389 e. The van der Waals surface area contributed by atoms with E-state index in [0.717, 1.165) is 13.1 Å². The quantitative estimate of drug-likeness (QED) is 0.524. The highest BCUT2D eigenvalue weighted by molar-refractivity contribution is 4.96. The summed E-state index contributed by atoms with van der Waals surface area (Å²) in [6.07, 6.45) is 0.202. The van der Waals surface area contributed by atoms with E-state index in [1.165, 1.54) is 0 Å². The van der Waals surface area contributed by atoms with Crippen LogP contribution >= 0.6 is 0 Å². The van der Waals surface area contributed by atoms with Gasteiger partial charge in [-0.2, -0.15) is 0 Å². The van der Waals surface area contributed by atoms with Gasteiger partial charge in [0.1, 0.15) is 0 Å². The van der Waals surface area contributed by atoms with Crippen molar-refractivity contribution in [3.8, 4) is 0 Å². The number of β-amino-alcohol motifs (C(OH)–C–C–N with tert-alkyl or cyclic N) is 1. The summed E-state index contributed by atoms with van der Waals surface area (Å²) >= 11 is 0. The molecule has 4 atom stereocenters. The SMILES string of the molecule is CC1OC2C(O)CN(C)CC12. The van der Waals surface area contributed by atoms with Crippen molar-refractivity contribution in [1.82, 2.24) is 4.90 Å². The number of rotatable bonds is 0. The van der Waals surface area contributed by atoms with E-state index < -0.39 is 0 Å². The highest BCUT2D eigenvalue weighted by atomic mass is 16.5. The Labute approximate surface area is 66.9 Å². The van der Waals surface area contributed by atoms with Gasteiger partial charge in [-0.3, -0.25) is 0 Å². The topological polar surface area (TPSA) is 32.7 Å². The second-order valence-electron chi connectivity index (χ2n) is 3.76. The van der Waals surface area contributed by atoms with Gasteiger partial charge in [0.05, 0.1) is 18.3 Å². The normalized spacial score (nSPS) is 51.5. The van der Waals surface area contributed by atoms with E-state index in [-0.39, 0.29) is 12.2 Å². The van der Waals surface area contributed by atoms with Crippen LogP contribution in [-0.4, -0.2) is 48.5 Å². The van der Waals surface area contributed by atoms with Gasteiger partial charge in [-0.05, 0) is 14.0 Å². The van der Waals surface area contributed by atoms with E-state index in [1.807, 2.05) is 7.05 Å². The van der Waals surface area contributed by atoms with Crippen LogP contribution < -0.4 is 0 Å². The summed E-state index contributed by atoms with van der Waals surface area (Å²) in [5.74, 6) is 0.559. The maximum Gasteiger partial charge on any atom is 0.0932 e. The zero-order valence-corrected chi connectivity index (χ0v) is 7.03. The van der Waals surface area contributed by atoms with Crippen molar-refractivity contribution in [2.45, 2.75) is 25.2 Å². The number of aliphatic hydroxyl groups excluding tert-OH is 1. The smallest absolute Gasteiger partial charge is 0.0932 e. The van der Waals surface area contributed by atoms with Crippen LogP contribution in [0.15, 0.2) is 0 Å². The minimum Gasteiger partial charge on any atom is -0.389 e. The van der Waals surface area contributed by atoms with Crippen LogP contribution in [0.25, 0.3) is 0 Å². The Balaban J connectivity index is 2.01. The highest BCUT2D eigenvalue weighted by Gasteiger charge is 2.47. The Bertz CT molecular complexity index is 162. The van der Waals surface area contributed by atoms with Gasteiger partial charge in [-0.25, -0.2) is 0 Å². The number of hydrogen-bond acceptors (Lipinski definition) is 3. The van der Waals surface area contributed by atoms with Gasteiger partial charge in [0, 0.05) is 19.0 Å². The Morgan fingerprint density at radius 2 is 2.18 bits per heavy atom. The lowest BCUT2D eigenvalue weighted by Crippen LogP contribution is -2.63. The van der Waals surface area contributed by atoms with E-state index in [1.54, 1.807) is 0 Å². The van der Waals surface area contributed by atoms with Gasteiger partial charge in [-0.15, -0.1) is 0 Å². The monoisotopic (exact) mass is 157 g/mol. The van der Waals surface area contributed by atoms with Crippen LogP contribution in [0.1, 0.15) is 6.92 Å². The van der Waals surface area contributed by atoms with Crippen molar-refractivity contribution in [3.05, 3.63) is 0 Å². The molecule has 2 rings (SSSR count). The molecule has 2 aliphatic rings. The van der Waals surface area contributed by atoms with E-state index in [4.69, 9.17) is 4.74 Å². The van der Waals surface area contributed by atoms with Gasteiger partial charge >= 0.3 is 0 Å². The van der Waals surface area contributed by atoms with Crippen molar-refractivity contribution in [2.24, 2.45) is 5.92 Å². The van der Waals surface area contributed by atoms with E-state index in [0.29, 0.717) is 12.0 Å². The number of piperidine rings is 1. The Hall–Kier alpha value is -0.120. The molecule has 0 aliphatic carbocycles. The fourth-order valence-electron chi connectivity index (χ4n) is 2.11. The fraction of sp³-hybridized carbons (Fsp3) is 1.00. The lowest BCUT2D eigenvalue weighted by Gasteiger charge is -2.51. The van der Waals surface area contributed by atoms with Crippen LogP contribution in [0.5, 0.6) is 0 Å². The maximum absolute atomic E-state index is 9.52. The first kappa shape index (κ1) is 7.53. The number of nitrogens with zero attached hydrogens (tertiary/aromatic N) is 1. The molecule has 4 unspecified atom stereocenters. The molecule has 0 spiro atoms. The third-order valence-electron chi connectivity index (χ3n) is 2.80. The summed E-state index contributed by atoms with van der Waals surface area (Å²) in [4.78, 5) is 2.17. The predicted molar refractivity (Wildman–Crippen MR) is 41.3 cm³/mol. The van der Waals surface area contributed by atoms with Crippen molar-refractivity contribution in [2.75, 3.05) is 20.1 Å². The molecule has 0 amide bonds. The van der Waals surface area contributed by atoms with Crippen molar-refractivity contribution in [1.29, 1.82) is 0 Å². The third-order valence-corrected chi connectivity index (χ3v) is 2.80. The van der Waals surface area contributed by atoms with Gasteiger partial charge in [0.25, 0.3) is 0 Å². The molecule has 0 aromatic carbocycles. The average molecular weight is 157 g/mol. The molecule has 0 radical (unpaired) electrons. The summed E-state index contributed by atoms with van der Waals surface area (Å²) in [6.45, 7) is 3.91. The first-order valence-corrected chi connectivity index (χ1v) is 4.20. The number of hydrogen-bond donors (Lipinski definition) is 1. The van der Waals surface area contributed by atoms with Crippen molar-refractivity contribution in [3.63, 3.8) is 0 Å². The van der Waals surface area contributed by atoms with Crippen LogP contribution in [0, 0.1) is 5.92 Å². The number of likely N-dealkylation sites (N-methyl/N-ethyl adjacent to an activating group) is 1. The molecule has 0 saturated carbocycles. The average Bonchev–Trinajstić information content (AvgIpc) is 1.93. The van der Waals surface area contributed by atoms with Crippen LogP contribution in [-0.2, 0) is 4.74 Å². The molecule has 0 aromatic heterocycles. The number of likely N-dealkylation sites (tertiary alicyclic amines) is 1. The molecule has 2 saturated heterocycles. The molecular weight excluding hydrogens is 142 g/mol. The summed E-state index contributed by atoms with van der Waals surface area (Å²) in [7, 11) is 2.05. The molecule has 11 heavy (non-hydrogen) atoms. The van der Waals surface area contributed by atoms with Crippen LogP contribution in [0.4, 0.5) is 0 Å². The lowest BCUT2D eigenvalue weighted by atomic mass is 9.83. The first-order chi connectivity index (χ1) is 5.18. The van der Waals surface area contributed by atoms with E-state index >= 15 is 0 Å². The number of fused-ring (bicyclic) bond motifs is 1. The van der Waals surface area contributed by atoms with Gasteiger partial charge in [-0.1, -0.05) is 0 Å².